The Kier molecular flexibility index (Phi) is 9.20. The van der Waals surface area contributed by atoms with Gasteiger partial charge in [-0.05, 0) is 30.5 Å². The van der Waals surface area contributed by atoms with Gasteiger partial charge in [0.15, 0.2) is 16.3 Å². The van der Waals surface area contributed by atoms with Gasteiger partial charge in [0.25, 0.3) is 5.56 Å². The van der Waals surface area contributed by atoms with E-state index < -0.39 is 17.4 Å². The molecular formula is C24H34N4O4S. The van der Waals surface area contributed by atoms with Crippen molar-refractivity contribution in [1.82, 2.24) is 19.1 Å². The Balaban J connectivity index is 1.75. The number of imidazole rings is 1. The molecule has 8 nitrogen and oxygen atoms in total. The fourth-order valence-corrected chi connectivity index (χ4v) is 4.64. The smallest absolute Gasteiger partial charge is 0.329 e. The number of aliphatic hydroxyl groups is 1. The minimum atomic E-state index is -0.853. The van der Waals surface area contributed by atoms with Crippen molar-refractivity contribution in [2.45, 2.75) is 70.2 Å². The summed E-state index contributed by atoms with van der Waals surface area (Å²) >= 11 is 1.55. The Morgan fingerprint density at radius 2 is 1.85 bits per heavy atom. The van der Waals surface area contributed by atoms with Crippen LogP contribution in [-0.4, -0.2) is 42.7 Å². The van der Waals surface area contributed by atoms with Crippen LogP contribution in [0, 0.1) is 0 Å². The monoisotopic (exact) mass is 474 g/mol. The molecule has 9 heteroatoms. The van der Waals surface area contributed by atoms with Crippen molar-refractivity contribution in [2.24, 2.45) is 7.05 Å². The van der Waals surface area contributed by atoms with Crippen molar-refractivity contribution in [3.8, 4) is 5.75 Å². The highest BCUT2D eigenvalue weighted by Gasteiger charge is 2.20. The van der Waals surface area contributed by atoms with Crippen LogP contribution in [0.1, 0.15) is 51.5 Å². The molecule has 0 amide bonds. The summed E-state index contributed by atoms with van der Waals surface area (Å²) in [6.07, 6.45) is 5.92. The Morgan fingerprint density at radius 1 is 1.12 bits per heavy atom. The number of hydrogen-bond donors (Lipinski definition) is 2. The SMILES string of the molecule is CCCCCCCSc1nc2c(c(=O)[nH]c(=O)n2C)n1C[C@@H](O)COc1ccc(CC)cc1. The number of nitrogens with zero attached hydrogens (tertiary/aromatic N) is 3. The van der Waals surface area contributed by atoms with Crippen molar-refractivity contribution < 1.29 is 9.84 Å². The van der Waals surface area contributed by atoms with Crippen molar-refractivity contribution in [1.29, 1.82) is 0 Å². The van der Waals surface area contributed by atoms with Gasteiger partial charge in [-0.15, -0.1) is 0 Å². The van der Waals surface area contributed by atoms with Crippen LogP contribution in [0.5, 0.6) is 5.75 Å². The van der Waals surface area contributed by atoms with E-state index in [1.54, 1.807) is 23.4 Å². The molecule has 0 aliphatic rings. The number of unbranched alkanes of at least 4 members (excludes halogenated alkanes) is 4. The Labute approximate surface area is 198 Å². The highest BCUT2D eigenvalue weighted by molar-refractivity contribution is 7.99. The zero-order valence-corrected chi connectivity index (χ0v) is 20.5. The largest absolute Gasteiger partial charge is 0.491 e. The van der Waals surface area contributed by atoms with Gasteiger partial charge in [-0.1, -0.05) is 63.4 Å². The molecule has 0 radical (unpaired) electrons. The lowest BCUT2D eigenvalue weighted by Crippen LogP contribution is -2.30. The molecule has 0 saturated carbocycles. The second-order valence-electron chi connectivity index (χ2n) is 8.22. The average Bonchev–Trinajstić information content (AvgIpc) is 3.17. The minimum absolute atomic E-state index is 0.0793. The van der Waals surface area contributed by atoms with E-state index in [1.165, 1.54) is 29.4 Å². The molecular weight excluding hydrogens is 440 g/mol. The van der Waals surface area contributed by atoms with Crippen molar-refractivity contribution in [3.05, 3.63) is 50.7 Å². The molecule has 3 rings (SSSR count). The first-order valence-corrected chi connectivity index (χ1v) is 12.6. The molecule has 0 bridgehead atoms. The molecule has 2 N–H and O–H groups in total. The summed E-state index contributed by atoms with van der Waals surface area (Å²) in [6.45, 7) is 4.50. The number of benzene rings is 1. The standard InChI is InChI=1S/C24H34N4O4S/c1-4-6-7-8-9-14-33-24-25-21-20(22(30)26-23(31)27(21)3)28(24)15-18(29)16-32-19-12-10-17(5-2)11-13-19/h10-13,18,29H,4-9,14-16H2,1-3H3,(H,26,30,31)/t18-/m1/s1. The van der Waals surface area contributed by atoms with Crippen LogP contribution >= 0.6 is 11.8 Å². The van der Waals surface area contributed by atoms with E-state index in [4.69, 9.17) is 4.74 Å². The van der Waals surface area contributed by atoms with Gasteiger partial charge < -0.3 is 14.4 Å². The van der Waals surface area contributed by atoms with Gasteiger partial charge in [-0.25, -0.2) is 9.78 Å². The predicted molar refractivity (Wildman–Crippen MR) is 132 cm³/mol. The van der Waals surface area contributed by atoms with E-state index in [0.717, 1.165) is 25.0 Å². The Morgan fingerprint density at radius 3 is 2.55 bits per heavy atom. The lowest BCUT2D eigenvalue weighted by molar-refractivity contribution is 0.0913. The van der Waals surface area contributed by atoms with E-state index in [-0.39, 0.29) is 18.7 Å². The molecule has 0 aliphatic heterocycles. The number of ether oxygens (including phenoxy) is 1. The first-order chi connectivity index (χ1) is 15.9. The van der Waals surface area contributed by atoms with Gasteiger partial charge in [-0.3, -0.25) is 14.3 Å². The molecule has 0 spiro atoms. The van der Waals surface area contributed by atoms with Gasteiger partial charge in [0.05, 0.1) is 6.54 Å². The van der Waals surface area contributed by atoms with E-state index in [1.807, 2.05) is 24.3 Å². The van der Waals surface area contributed by atoms with Gasteiger partial charge in [0.2, 0.25) is 0 Å². The average molecular weight is 475 g/mol. The third-order valence-corrected chi connectivity index (χ3v) is 6.68. The number of rotatable bonds is 13. The zero-order valence-electron chi connectivity index (χ0n) is 19.7. The molecule has 2 aromatic heterocycles. The first-order valence-electron chi connectivity index (χ1n) is 11.7. The third-order valence-electron chi connectivity index (χ3n) is 5.62. The zero-order chi connectivity index (χ0) is 23.8. The fraction of sp³-hybridized carbons (Fsp3) is 0.542. The quantitative estimate of drug-likeness (QED) is 0.290. The van der Waals surface area contributed by atoms with Crippen LogP contribution in [-0.2, 0) is 20.0 Å². The fourth-order valence-electron chi connectivity index (χ4n) is 3.64. The third kappa shape index (κ3) is 6.51. The highest BCUT2D eigenvalue weighted by atomic mass is 32.2. The number of aliphatic hydroxyl groups excluding tert-OH is 1. The first kappa shape index (κ1) is 25.1. The maximum absolute atomic E-state index is 12.6. The Hall–Kier alpha value is -2.52. The number of hydrogen-bond acceptors (Lipinski definition) is 6. The number of H-pyrrole nitrogens is 1. The van der Waals surface area contributed by atoms with Crippen molar-refractivity contribution >= 4 is 22.9 Å². The van der Waals surface area contributed by atoms with Crippen LogP contribution in [0.2, 0.25) is 0 Å². The molecule has 0 aliphatic carbocycles. The molecule has 3 aromatic rings. The summed E-state index contributed by atoms with van der Waals surface area (Å²) in [5.74, 6) is 1.54. The molecule has 1 aromatic carbocycles. The summed E-state index contributed by atoms with van der Waals surface area (Å²) in [4.78, 5) is 31.6. The summed E-state index contributed by atoms with van der Waals surface area (Å²) in [5, 5.41) is 11.3. The van der Waals surface area contributed by atoms with Gasteiger partial charge in [0.1, 0.15) is 18.5 Å². The van der Waals surface area contributed by atoms with Crippen molar-refractivity contribution in [2.75, 3.05) is 12.4 Å². The van der Waals surface area contributed by atoms with Gasteiger partial charge in [0, 0.05) is 12.8 Å². The summed E-state index contributed by atoms with van der Waals surface area (Å²) in [7, 11) is 1.58. The van der Waals surface area contributed by atoms with E-state index >= 15 is 0 Å². The number of thioether (sulfide) groups is 1. The minimum Gasteiger partial charge on any atom is -0.491 e. The number of nitrogens with one attached hydrogen (secondary N) is 1. The van der Waals surface area contributed by atoms with E-state index in [2.05, 4.69) is 23.8 Å². The van der Waals surface area contributed by atoms with Crippen LogP contribution in [0.4, 0.5) is 0 Å². The second-order valence-corrected chi connectivity index (χ2v) is 9.28. The van der Waals surface area contributed by atoms with E-state index in [9.17, 15) is 14.7 Å². The lowest BCUT2D eigenvalue weighted by atomic mass is 10.2. The molecule has 180 valence electrons. The lowest BCUT2D eigenvalue weighted by Gasteiger charge is -2.15. The van der Waals surface area contributed by atoms with Crippen LogP contribution in [0.15, 0.2) is 39.0 Å². The molecule has 1 atom stereocenters. The number of aryl methyl sites for hydroxylation is 2. The molecule has 0 unspecified atom stereocenters. The number of aromatic amines is 1. The summed E-state index contributed by atoms with van der Waals surface area (Å²) in [5.41, 5.74) is 0.817. The molecule has 0 fully saturated rings. The number of aromatic nitrogens is 4. The Bertz CT molecular complexity index is 1150. The second kappa shape index (κ2) is 12.1. The van der Waals surface area contributed by atoms with Gasteiger partial charge >= 0.3 is 5.69 Å². The van der Waals surface area contributed by atoms with Crippen LogP contribution in [0.3, 0.4) is 0 Å². The molecule has 33 heavy (non-hydrogen) atoms. The van der Waals surface area contributed by atoms with E-state index in [0.29, 0.717) is 16.6 Å². The number of fused-ring (bicyclic) bond motifs is 1. The van der Waals surface area contributed by atoms with Gasteiger partial charge in [-0.2, -0.15) is 0 Å². The maximum Gasteiger partial charge on any atom is 0.329 e. The van der Waals surface area contributed by atoms with Crippen LogP contribution in [0.25, 0.3) is 11.2 Å². The molecule has 2 heterocycles. The highest BCUT2D eigenvalue weighted by Crippen LogP contribution is 2.23. The summed E-state index contributed by atoms with van der Waals surface area (Å²) < 4.78 is 8.78. The summed E-state index contributed by atoms with van der Waals surface area (Å²) in [6, 6.07) is 7.78. The maximum atomic E-state index is 12.6. The van der Waals surface area contributed by atoms with Crippen molar-refractivity contribution in [3.63, 3.8) is 0 Å². The molecule has 0 saturated heterocycles. The normalized spacial score (nSPS) is 12.4. The topological polar surface area (TPSA) is 102 Å². The predicted octanol–water partition coefficient (Wildman–Crippen LogP) is 3.49. The van der Waals surface area contributed by atoms with Crippen LogP contribution < -0.4 is 16.0 Å².